The van der Waals surface area contributed by atoms with Crippen molar-refractivity contribution < 1.29 is 53.7 Å². The Balaban J connectivity index is 1.19. The molecule has 0 radical (unpaired) electrons. The van der Waals surface area contributed by atoms with Gasteiger partial charge in [-0.15, -0.1) is 0 Å². The third-order valence-electron chi connectivity index (χ3n) is 15.5. The maximum Gasteiger partial charge on any atom is 0.309 e. The zero-order chi connectivity index (χ0) is 39.8. The summed E-state index contributed by atoms with van der Waals surface area (Å²) in [6.07, 6.45) is 5.74. The van der Waals surface area contributed by atoms with Crippen molar-refractivity contribution in [3.8, 4) is 0 Å². The number of hydrogen-bond donors (Lipinski definition) is 4. The summed E-state index contributed by atoms with van der Waals surface area (Å²) in [5.74, 6) is -5.13. The molecule has 11 heteroatoms. The first-order chi connectivity index (χ1) is 25.2. The van der Waals surface area contributed by atoms with Crippen molar-refractivity contribution in [1.29, 1.82) is 0 Å². The highest BCUT2D eigenvalue weighted by atomic mass is 16.8. The Kier molecular flexibility index (Phi) is 11.8. The Morgan fingerprint density at radius 3 is 2.20 bits per heavy atom. The van der Waals surface area contributed by atoms with Gasteiger partial charge in [-0.3, -0.25) is 9.59 Å². The number of aliphatic hydroxyl groups excluding tert-OH is 2. The molecule has 4 saturated heterocycles. The van der Waals surface area contributed by atoms with Gasteiger partial charge in [0.15, 0.2) is 5.79 Å². The van der Waals surface area contributed by atoms with Crippen LogP contribution >= 0.6 is 0 Å². The quantitative estimate of drug-likeness (QED) is 0.178. The molecule has 2 spiro atoms. The standard InChI is InChI=1S/C43H70O11/c1-11-30(38(47)48)31-14-13-23(3)35(51-31)27(7)34(45)28(8)36(46)41(22-26(41)6)37-24(4)21-25(5)42(52-37)18-15-32(44)43(54-42)20-19-39(10,53-43)33-16-17-40(49,12-2)29(9)50-33/h15,18,23-35,37,44-45,49H,11-14,16-17,19-22H2,1-10H3,(H,47,48)/t23-,24-,25+,26+,27-,28-,29-,30+,31+,32+,33+,34-,35+,37-,39-,40+,41?,42-,43-/m0/s1. The molecule has 5 aliphatic heterocycles. The highest BCUT2D eigenvalue weighted by Gasteiger charge is 2.69. The predicted octanol–water partition coefficient (Wildman–Crippen LogP) is 6.19. The highest BCUT2D eigenvalue weighted by molar-refractivity contribution is 5.91. The number of Topliss-reactive ketones (excluding diaryl/α,β-unsaturated/α-hetero) is 1. The fraction of sp³-hybridized carbons (Fsp3) is 0.907. The first-order valence-electron chi connectivity index (χ1n) is 21.2. The number of carboxylic acids is 1. The van der Waals surface area contributed by atoms with Crippen molar-refractivity contribution in [3.05, 3.63) is 12.2 Å². The van der Waals surface area contributed by atoms with E-state index in [2.05, 4.69) is 27.7 Å². The molecule has 5 fully saturated rings. The molecule has 19 atom stereocenters. The largest absolute Gasteiger partial charge is 0.481 e. The van der Waals surface area contributed by atoms with Crippen LogP contribution in [-0.4, -0.2) is 97.7 Å². The fourth-order valence-corrected chi connectivity index (χ4v) is 11.4. The molecule has 1 unspecified atom stereocenters. The minimum absolute atomic E-state index is 0.0229. The van der Waals surface area contributed by atoms with Crippen molar-refractivity contribution >= 4 is 11.8 Å². The number of aliphatic hydroxyl groups is 3. The van der Waals surface area contributed by atoms with Crippen molar-refractivity contribution in [3.63, 3.8) is 0 Å². The Hall–Kier alpha value is -1.44. The van der Waals surface area contributed by atoms with Crippen LogP contribution in [0.15, 0.2) is 12.2 Å². The lowest BCUT2D eigenvalue weighted by atomic mass is 9.71. The second kappa shape index (κ2) is 15.1. The second-order valence-corrected chi connectivity index (χ2v) is 19.0. The van der Waals surface area contributed by atoms with Crippen LogP contribution in [0.3, 0.4) is 0 Å². The van der Waals surface area contributed by atoms with Gasteiger partial charge in [-0.25, -0.2) is 0 Å². The lowest BCUT2D eigenvalue weighted by Gasteiger charge is -2.54. The molecule has 0 bridgehead atoms. The second-order valence-electron chi connectivity index (χ2n) is 19.0. The van der Waals surface area contributed by atoms with Crippen molar-refractivity contribution in [2.75, 3.05) is 0 Å². The minimum Gasteiger partial charge on any atom is -0.481 e. The third kappa shape index (κ3) is 6.96. The summed E-state index contributed by atoms with van der Waals surface area (Å²) in [4.78, 5) is 26.8. The number of carbonyl (C=O) groups is 2. The molecule has 6 aliphatic rings. The Labute approximate surface area is 322 Å². The van der Waals surface area contributed by atoms with Crippen LogP contribution < -0.4 is 0 Å². The number of aliphatic carboxylic acids is 1. The van der Waals surface area contributed by atoms with E-state index in [9.17, 15) is 30.0 Å². The number of ketones is 1. The molecular weight excluding hydrogens is 692 g/mol. The first-order valence-corrected chi connectivity index (χ1v) is 21.2. The van der Waals surface area contributed by atoms with Gasteiger partial charge in [0.1, 0.15) is 11.9 Å². The van der Waals surface area contributed by atoms with Crippen molar-refractivity contribution in [1.82, 2.24) is 0 Å². The van der Waals surface area contributed by atoms with E-state index in [0.29, 0.717) is 51.4 Å². The third-order valence-corrected chi connectivity index (χ3v) is 15.5. The average Bonchev–Trinajstić information content (AvgIpc) is 3.69. The van der Waals surface area contributed by atoms with Crippen LogP contribution in [0.1, 0.15) is 133 Å². The Bertz CT molecular complexity index is 1420. The van der Waals surface area contributed by atoms with Gasteiger partial charge in [0.25, 0.3) is 0 Å². The number of ether oxygens (including phenoxy) is 5. The average molecular weight is 763 g/mol. The molecule has 5 heterocycles. The summed E-state index contributed by atoms with van der Waals surface area (Å²) in [6.45, 7) is 19.8. The summed E-state index contributed by atoms with van der Waals surface area (Å²) in [6, 6.07) is 0. The molecule has 1 aliphatic carbocycles. The molecule has 1 saturated carbocycles. The summed E-state index contributed by atoms with van der Waals surface area (Å²) in [5.41, 5.74) is -2.45. The molecule has 0 amide bonds. The highest BCUT2D eigenvalue weighted by Crippen LogP contribution is 2.63. The predicted molar refractivity (Wildman–Crippen MR) is 201 cm³/mol. The zero-order valence-corrected chi connectivity index (χ0v) is 34.5. The van der Waals surface area contributed by atoms with Crippen LogP contribution in [-0.2, 0) is 33.3 Å². The number of hydrogen-bond acceptors (Lipinski definition) is 10. The zero-order valence-electron chi connectivity index (χ0n) is 34.5. The monoisotopic (exact) mass is 762 g/mol. The van der Waals surface area contributed by atoms with E-state index in [1.165, 1.54) is 0 Å². The summed E-state index contributed by atoms with van der Waals surface area (Å²) >= 11 is 0. The molecule has 308 valence electrons. The van der Waals surface area contributed by atoms with Gasteiger partial charge in [-0.2, -0.15) is 0 Å². The Morgan fingerprint density at radius 1 is 0.926 bits per heavy atom. The van der Waals surface area contributed by atoms with E-state index in [1.54, 1.807) is 6.08 Å². The van der Waals surface area contributed by atoms with Gasteiger partial charge < -0.3 is 44.1 Å². The van der Waals surface area contributed by atoms with Crippen LogP contribution in [0, 0.1) is 46.8 Å². The number of carbonyl (C=O) groups excluding carboxylic acids is 1. The molecule has 54 heavy (non-hydrogen) atoms. The maximum absolute atomic E-state index is 14.8. The summed E-state index contributed by atoms with van der Waals surface area (Å²) in [7, 11) is 0. The van der Waals surface area contributed by atoms with E-state index in [4.69, 9.17) is 23.7 Å². The maximum atomic E-state index is 14.8. The normalized spacial score (nSPS) is 50.1. The fourth-order valence-electron chi connectivity index (χ4n) is 11.4. The van der Waals surface area contributed by atoms with Gasteiger partial charge in [0.2, 0.25) is 5.79 Å². The van der Waals surface area contributed by atoms with Gasteiger partial charge in [-0.1, -0.05) is 55.4 Å². The number of carboxylic acid groups (broad SMARTS) is 1. The molecule has 0 aromatic carbocycles. The SMILES string of the molecule is CC[C@@H](C(=O)O)[C@H]1CC[C@H](C)[C@H]([C@@H](C)[C@H](O)[C@H](C)C(=O)C2([C@H]3O[C@]4(C=C[C@@H](O)[C@]5(CC[C@@](C)([C@H]6CC[C@](O)(CC)[C@H](C)O6)O5)O4)[C@H](C)C[C@@H]3C)C[C@H]2C)O1. The van der Waals surface area contributed by atoms with E-state index in [-0.39, 0.29) is 53.7 Å². The minimum atomic E-state index is -1.37. The van der Waals surface area contributed by atoms with Gasteiger partial charge >= 0.3 is 5.97 Å². The topological polar surface area (TPSA) is 161 Å². The van der Waals surface area contributed by atoms with E-state index in [0.717, 1.165) is 12.8 Å². The smallest absolute Gasteiger partial charge is 0.309 e. The lowest BCUT2D eigenvalue weighted by Crippen LogP contribution is -2.63. The molecule has 6 rings (SSSR count). The lowest BCUT2D eigenvalue weighted by molar-refractivity contribution is -0.410. The van der Waals surface area contributed by atoms with Gasteiger partial charge in [-0.05, 0) is 102 Å². The van der Waals surface area contributed by atoms with Crippen molar-refractivity contribution in [2.45, 2.75) is 199 Å². The summed E-state index contributed by atoms with van der Waals surface area (Å²) < 4.78 is 33.8. The van der Waals surface area contributed by atoms with E-state index >= 15 is 0 Å². The van der Waals surface area contributed by atoms with E-state index < -0.39 is 70.4 Å². The van der Waals surface area contributed by atoms with Crippen LogP contribution in [0.2, 0.25) is 0 Å². The summed E-state index contributed by atoms with van der Waals surface area (Å²) in [5, 5.41) is 44.2. The van der Waals surface area contributed by atoms with Crippen LogP contribution in [0.25, 0.3) is 0 Å². The van der Waals surface area contributed by atoms with Crippen molar-refractivity contribution in [2.24, 2.45) is 46.8 Å². The van der Waals surface area contributed by atoms with Crippen LogP contribution in [0.4, 0.5) is 0 Å². The number of rotatable bonds is 11. The molecule has 4 N–H and O–H groups in total. The van der Waals surface area contributed by atoms with Gasteiger partial charge in [0, 0.05) is 24.2 Å². The molecule has 11 nitrogen and oxygen atoms in total. The van der Waals surface area contributed by atoms with Crippen LogP contribution in [0.5, 0.6) is 0 Å². The molecular formula is C43H70O11. The van der Waals surface area contributed by atoms with E-state index in [1.807, 2.05) is 47.6 Å². The first kappa shape index (κ1) is 42.2. The van der Waals surface area contributed by atoms with Gasteiger partial charge in [0.05, 0.1) is 59.2 Å². The molecule has 0 aromatic rings. The Morgan fingerprint density at radius 2 is 1.61 bits per heavy atom. The molecule has 0 aromatic heterocycles.